The SMILES string of the molecule is CC(C)CC1O[C@H](C)[CH-][C@@H](C)[C@@H]1C.[Y].[Y].[Y]. The van der Waals surface area contributed by atoms with Crippen molar-refractivity contribution in [3.05, 3.63) is 6.42 Å². The van der Waals surface area contributed by atoms with Crippen LogP contribution >= 0.6 is 0 Å². The van der Waals surface area contributed by atoms with Gasteiger partial charge in [-0.05, 0) is 18.3 Å². The summed E-state index contributed by atoms with van der Waals surface area (Å²) < 4.78 is 5.92. The van der Waals surface area contributed by atoms with Crippen LogP contribution in [0, 0.1) is 24.2 Å². The first-order chi connectivity index (χ1) is 6.00. The Labute approximate surface area is 177 Å². The van der Waals surface area contributed by atoms with E-state index in [1.807, 2.05) is 0 Å². The van der Waals surface area contributed by atoms with Crippen LogP contribution in [0.5, 0.6) is 0 Å². The van der Waals surface area contributed by atoms with Crippen molar-refractivity contribution in [1.82, 2.24) is 0 Å². The Kier molecular flexibility index (Phi) is 18.3. The molecule has 0 spiro atoms. The Morgan fingerprint density at radius 1 is 1.06 bits per heavy atom. The van der Waals surface area contributed by atoms with Gasteiger partial charge in [-0.25, -0.2) is 0 Å². The maximum absolute atomic E-state index is 5.92. The predicted octanol–water partition coefficient (Wildman–Crippen LogP) is 3.29. The second-order valence-electron chi connectivity index (χ2n) is 4.92. The second kappa shape index (κ2) is 12.0. The van der Waals surface area contributed by atoms with Gasteiger partial charge in [-0.1, -0.05) is 40.7 Å². The van der Waals surface area contributed by atoms with Crippen molar-refractivity contribution in [1.29, 1.82) is 0 Å². The third-order valence-corrected chi connectivity index (χ3v) is 3.08. The first-order valence-electron chi connectivity index (χ1n) is 5.51. The molecule has 87 valence electrons. The molecule has 0 aromatic carbocycles. The maximum Gasteiger partial charge on any atom is 0.0549 e. The number of ether oxygens (including phenoxy) is 1. The molecule has 0 bridgehead atoms. The summed E-state index contributed by atoms with van der Waals surface area (Å²) in [7, 11) is 0. The summed E-state index contributed by atoms with van der Waals surface area (Å²) >= 11 is 0. The molecule has 1 fully saturated rings. The average molecular weight is 450 g/mol. The van der Waals surface area contributed by atoms with E-state index in [0.29, 0.717) is 24.0 Å². The minimum Gasteiger partial charge on any atom is -0.407 e. The van der Waals surface area contributed by atoms with E-state index in [1.54, 1.807) is 0 Å². The molecule has 1 heterocycles. The molecule has 0 aromatic heterocycles. The summed E-state index contributed by atoms with van der Waals surface area (Å²) in [4.78, 5) is 0. The van der Waals surface area contributed by atoms with Gasteiger partial charge < -0.3 is 4.74 Å². The fourth-order valence-electron chi connectivity index (χ4n) is 2.12. The molecule has 1 saturated heterocycles. The first kappa shape index (κ1) is 24.3. The molecule has 0 amide bonds. The van der Waals surface area contributed by atoms with Crippen LogP contribution in [0.25, 0.3) is 0 Å². The first-order valence-corrected chi connectivity index (χ1v) is 5.51. The Bertz CT molecular complexity index is 162. The van der Waals surface area contributed by atoms with Crippen LogP contribution in [0.2, 0.25) is 0 Å². The van der Waals surface area contributed by atoms with Gasteiger partial charge in [0, 0.05) is 98.1 Å². The molecule has 1 nitrogen and oxygen atoms in total. The summed E-state index contributed by atoms with van der Waals surface area (Å²) in [5, 5.41) is 0. The number of hydrogen-bond donors (Lipinski definition) is 0. The molecule has 0 aliphatic carbocycles. The quantitative estimate of drug-likeness (QED) is 0.588. The molecule has 3 radical (unpaired) electrons. The van der Waals surface area contributed by atoms with Crippen molar-refractivity contribution in [3.63, 3.8) is 0 Å². The summed E-state index contributed by atoms with van der Waals surface area (Å²) in [6.45, 7) is 11.3. The van der Waals surface area contributed by atoms with Gasteiger partial charge in [-0.2, -0.15) is 5.92 Å². The van der Waals surface area contributed by atoms with E-state index in [1.165, 1.54) is 6.42 Å². The Morgan fingerprint density at radius 3 is 2.00 bits per heavy atom. The van der Waals surface area contributed by atoms with Gasteiger partial charge >= 0.3 is 0 Å². The van der Waals surface area contributed by atoms with Gasteiger partial charge in [0.15, 0.2) is 0 Å². The van der Waals surface area contributed by atoms with Crippen molar-refractivity contribution >= 4 is 0 Å². The van der Waals surface area contributed by atoms with Crippen LogP contribution in [0.4, 0.5) is 0 Å². The molecule has 1 rings (SSSR count). The molecule has 4 heteroatoms. The molecular formula is C12H23OY3-. The monoisotopic (exact) mass is 450 g/mol. The van der Waals surface area contributed by atoms with Crippen LogP contribution in [-0.2, 0) is 103 Å². The van der Waals surface area contributed by atoms with Crippen molar-refractivity contribution < 1.29 is 103 Å². The van der Waals surface area contributed by atoms with Crippen LogP contribution < -0.4 is 0 Å². The molecule has 4 atom stereocenters. The van der Waals surface area contributed by atoms with Crippen LogP contribution in [0.3, 0.4) is 0 Å². The predicted molar refractivity (Wildman–Crippen MR) is 56.4 cm³/mol. The average Bonchev–Trinajstić information content (AvgIpc) is 1.98. The zero-order valence-electron chi connectivity index (χ0n) is 11.3. The van der Waals surface area contributed by atoms with E-state index < -0.39 is 0 Å². The second-order valence-corrected chi connectivity index (χ2v) is 4.92. The van der Waals surface area contributed by atoms with E-state index in [0.717, 1.165) is 5.92 Å². The molecule has 1 unspecified atom stereocenters. The molecule has 1 aliphatic heterocycles. The van der Waals surface area contributed by atoms with Gasteiger partial charge in [0.25, 0.3) is 0 Å². The van der Waals surface area contributed by atoms with E-state index in [4.69, 9.17) is 4.74 Å². The van der Waals surface area contributed by atoms with E-state index in [-0.39, 0.29) is 98.1 Å². The van der Waals surface area contributed by atoms with Crippen molar-refractivity contribution in [2.45, 2.75) is 53.2 Å². The topological polar surface area (TPSA) is 9.23 Å². The third kappa shape index (κ3) is 8.44. The van der Waals surface area contributed by atoms with Crippen LogP contribution in [0.15, 0.2) is 0 Å². The smallest absolute Gasteiger partial charge is 0.0549 e. The number of hydrogen-bond acceptors (Lipinski definition) is 1. The summed E-state index contributed by atoms with van der Waals surface area (Å²) in [5.41, 5.74) is 0. The molecule has 16 heavy (non-hydrogen) atoms. The third-order valence-electron chi connectivity index (χ3n) is 3.08. The van der Waals surface area contributed by atoms with Gasteiger partial charge in [0.05, 0.1) is 6.10 Å². The van der Waals surface area contributed by atoms with E-state index >= 15 is 0 Å². The molecular weight excluding hydrogens is 427 g/mol. The fourth-order valence-corrected chi connectivity index (χ4v) is 2.12. The Balaban J connectivity index is -0.000000563. The molecule has 0 N–H and O–H groups in total. The van der Waals surface area contributed by atoms with Crippen molar-refractivity contribution in [2.75, 3.05) is 0 Å². The molecule has 0 saturated carbocycles. The van der Waals surface area contributed by atoms with E-state index in [2.05, 4.69) is 41.0 Å². The maximum atomic E-state index is 5.92. The van der Waals surface area contributed by atoms with Crippen LogP contribution in [-0.4, -0.2) is 12.2 Å². The van der Waals surface area contributed by atoms with Crippen LogP contribution in [0.1, 0.15) is 41.0 Å². The zero-order valence-corrected chi connectivity index (χ0v) is 19.8. The van der Waals surface area contributed by atoms with Gasteiger partial charge in [0.2, 0.25) is 0 Å². The van der Waals surface area contributed by atoms with Gasteiger partial charge in [0.1, 0.15) is 0 Å². The van der Waals surface area contributed by atoms with Crippen molar-refractivity contribution in [2.24, 2.45) is 17.8 Å². The minimum absolute atomic E-state index is 0. The summed E-state index contributed by atoms with van der Waals surface area (Å²) in [6, 6.07) is 0. The Hall–Kier alpha value is 3.27. The fraction of sp³-hybridized carbons (Fsp3) is 0.917. The van der Waals surface area contributed by atoms with E-state index in [9.17, 15) is 0 Å². The molecule has 0 aromatic rings. The Morgan fingerprint density at radius 2 is 1.56 bits per heavy atom. The summed E-state index contributed by atoms with van der Waals surface area (Å²) in [6.07, 6.45) is 4.33. The van der Waals surface area contributed by atoms with Crippen molar-refractivity contribution in [3.8, 4) is 0 Å². The summed E-state index contributed by atoms with van der Waals surface area (Å²) in [5.74, 6) is 2.12. The molecule has 1 aliphatic rings. The normalized spacial score (nSPS) is 33.4. The zero-order chi connectivity index (χ0) is 10.0. The minimum atomic E-state index is 0. The van der Waals surface area contributed by atoms with Gasteiger partial charge in [-0.3, -0.25) is 6.42 Å². The largest absolute Gasteiger partial charge is 0.407 e. The standard InChI is InChI=1S/C12H23O.3Y/c1-8(2)6-12-11(5)9(3)7-10(4)13-12;;;/h7-12H,6H2,1-5H3;;;/q-1;;;/t9-,10-,11+,12?;;;/m1.../s1. The number of rotatable bonds is 2. The van der Waals surface area contributed by atoms with Gasteiger partial charge in [-0.15, -0.1) is 0 Å².